The van der Waals surface area contributed by atoms with Gasteiger partial charge in [-0.2, -0.15) is 0 Å². The quantitative estimate of drug-likeness (QED) is 0.508. The van der Waals surface area contributed by atoms with Gasteiger partial charge in [0.2, 0.25) is 0 Å². The summed E-state index contributed by atoms with van der Waals surface area (Å²) in [5.41, 5.74) is 0.332. The Morgan fingerprint density at radius 2 is 1.89 bits per heavy atom. The molecule has 18 heavy (non-hydrogen) atoms. The maximum absolute atomic E-state index is 11.1. The lowest BCUT2D eigenvalue weighted by molar-refractivity contribution is -0.143. The largest absolute Gasteiger partial charge is 0.466 e. The van der Waals surface area contributed by atoms with Crippen LogP contribution >= 0.6 is 0 Å². The first-order valence-electron chi connectivity index (χ1n) is 7.15. The van der Waals surface area contributed by atoms with E-state index in [0.717, 1.165) is 32.1 Å². The summed E-state index contributed by atoms with van der Waals surface area (Å²) in [6.45, 7) is 9.22. The lowest BCUT2D eigenvalue weighted by Crippen LogP contribution is -2.12. The normalized spacial score (nSPS) is 13.4. The van der Waals surface area contributed by atoms with Crippen molar-refractivity contribution in [1.82, 2.24) is 0 Å². The highest BCUT2D eigenvalue weighted by Crippen LogP contribution is 2.25. The van der Waals surface area contributed by atoms with Gasteiger partial charge in [-0.1, -0.05) is 27.2 Å². The van der Waals surface area contributed by atoms with Gasteiger partial charge in [0.25, 0.3) is 0 Å². The lowest BCUT2D eigenvalue weighted by Gasteiger charge is -2.21. The van der Waals surface area contributed by atoms with E-state index in [9.17, 15) is 9.90 Å². The number of aliphatic hydroxyl groups is 1. The molecular weight excluding hydrogens is 228 g/mol. The van der Waals surface area contributed by atoms with Gasteiger partial charge in [-0.25, -0.2) is 0 Å². The second kappa shape index (κ2) is 9.37. The average molecular weight is 258 g/mol. The van der Waals surface area contributed by atoms with Crippen molar-refractivity contribution in [3.63, 3.8) is 0 Å². The third-order valence-corrected chi connectivity index (χ3v) is 3.11. The molecule has 108 valence electrons. The lowest BCUT2D eigenvalue weighted by atomic mass is 9.85. The van der Waals surface area contributed by atoms with Crippen LogP contribution in [0.25, 0.3) is 0 Å². The second-order valence-electron chi connectivity index (χ2n) is 6.20. The highest BCUT2D eigenvalue weighted by Gasteiger charge is 2.14. The van der Waals surface area contributed by atoms with Crippen molar-refractivity contribution < 1.29 is 14.6 Å². The van der Waals surface area contributed by atoms with Crippen LogP contribution in [0, 0.1) is 11.3 Å². The van der Waals surface area contributed by atoms with Gasteiger partial charge in [-0.3, -0.25) is 4.79 Å². The Morgan fingerprint density at radius 3 is 2.39 bits per heavy atom. The molecule has 0 aliphatic carbocycles. The minimum atomic E-state index is -0.104. The van der Waals surface area contributed by atoms with Crippen molar-refractivity contribution in [2.45, 2.75) is 66.2 Å². The highest BCUT2D eigenvalue weighted by molar-refractivity contribution is 5.69. The Bertz CT molecular complexity index is 218. The number of unbranched alkanes of at least 4 members (excludes halogenated alkanes) is 1. The van der Waals surface area contributed by atoms with Crippen molar-refractivity contribution in [3.05, 3.63) is 0 Å². The number of carbonyl (C=O) groups is 1. The summed E-state index contributed by atoms with van der Waals surface area (Å²) in [5.74, 6) is 0.277. The molecule has 0 aromatic rings. The zero-order chi connectivity index (χ0) is 14.0. The highest BCUT2D eigenvalue weighted by atomic mass is 16.5. The van der Waals surface area contributed by atoms with Crippen molar-refractivity contribution in [1.29, 1.82) is 0 Å². The van der Waals surface area contributed by atoms with Crippen LogP contribution in [0.4, 0.5) is 0 Å². The van der Waals surface area contributed by atoms with Crippen molar-refractivity contribution in [3.8, 4) is 0 Å². The standard InChI is InChI=1S/C15H30O3/c1-5-18-14(17)9-7-6-8-13(12-16)10-11-15(2,3)4/h13,16H,5-12H2,1-4H3/t13-/m0/s1. The molecule has 0 saturated heterocycles. The Balaban J connectivity index is 3.65. The molecule has 1 N–H and O–H groups in total. The van der Waals surface area contributed by atoms with E-state index in [2.05, 4.69) is 20.8 Å². The maximum Gasteiger partial charge on any atom is 0.305 e. The van der Waals surface area contributed by atoms with Gasteiger partial charge in [-0.15, -0.1) is 0 Å². The summed E-state index contributed by atoms with van der Waals surface area (Å²) >= 11 is 0. The Kier molecular flexibility index (Phi) is 9.08. The Morgan fingerprint density at radius 1 is 1.22 bits per heavy atom. The topological polar surface area (TPSA) is 46.5 Å². The average Bonchev–Trinajstić information content (AvgIpc) is 2.27. The van der Waals surface area contributed by atoms with Crippen molar-refractivity contribution >= 4 is 5.97 Å². The molecule has 1 atom stereocenters. The summed E-state index contributed by atoms with van der Waals surface area (Å²) in [4.78, 5) is 11.1. The van der Waals surface area contributed by atoms with Crippen LogP contribution in [-0.2, 0) is 9.53 Å². The summed E-state index contributed by atoms with van der Waals surface area (Å²) < 4.78 is 4.88. The SMILES string of the molecule is CCOC(=O)CCCC[C@H](CO)CCC(C)(C)C. The van der Waals surface area contributed by atoms with Crippen LogP contribution in [0.1, 0.15) is 66.2 Å². The minimum absolute atomic E-state index is 0.104. The van der Waals surface area contributed by atoms with Gasteiger partial charge >= 0.3 is 5.97 Å². The molecule has 0 radical (unpaired) electrons. The second-order valence-corrected chi connectivity index (χ2v) is 6.20. The molecule has 0 aliphatic heterocycles. The molecule has 3 nitrogen and oxygen atoms in total. The Hall–Kier alpha value is -0.570. The molecule has 0 saturated carbocycles. The maximum atomic E-state index is 11.1. The van der Waals surface area contributed by atoms with Crippen molar-refractivity contribution in [2.75, 3.05) is 13.2 Å². The number of rotatable bonds is 9. The minimum Gasteiger partial charge on any atom is -0.466 e. The van der Waals surface area contributed by atoms with Crippen LogP contribution in [0.15, 0.2) is 0 Å². The van der Waals surface area contributed by atoms with Gasteiger partial charge in [0.05, 0.1) is 6.61 Å². The Labute approximate surface area is 112 Å². The monoisotopic (exact) mass is 258 g/mol. The summed E-state index contributed by atoms with van der Waals surface area (Å²) in [5, 5.41) is 9.32. The van der Waals surface area contributed by atoms with Crippen LogP contribution in [-0.4, -0.2) is 24.3 Å². The molecule has 3 heteroatoms. The smallest absolute Gasteiger partial charge is 0.305 e. The van der Waals surface area contributed by atoms with Crippen LogP contribution in [0.2, 0.25) is 0 Å². The van der Waals surface area contributed by atoms with E-state index in [1.54, 1.807) is 0 Å². The third-order valence-electron chi connectivity index (χ3n) is 3.11. The molecule has 0 spiro atoms. The van der Waals surface area contributed by atoms with E-state index in [-0.39, 0.29) is 12.6 Å². The molecule has 0 rings (SSSR count). The zero-order valence-electron chi connectivity index (χ0n) is 12.5. The first-order valence-corrected chi connectivity index (χ1v) is 7.15. The number of carbonyl (C=O) groups excluding carboxylic acids is 1. The molecule has 0 bridgehead atoms. The molecule has 0 aromatic heterocycles. The third kappa shape index (κ3) is 10.6. The fourth-order valence-corrected chi connectivity index (χ4v) is 1.90. The molecule has 0 unspecified atom stereocenters. The predicted octanol–water partition coefficient (Wildman–Crippen LogP) is 3.54. The van der Waals surface area contributed by atoms with E-state index in [4.69, 9.17) is 4.74 Å². The molecule has 0 heterocycles. The molecule has 0 aromatic carbocycles. The van der Waals surface area contributed by atoms with E-state index in [1.165, 1.54) is 0 Å². The number of hydrogen-bond acceptors (Lipinski definition) is 3. The van der Waals surface area contributed by atoms with E-state index in [0.29, 0.717) is 24.4 Å². The number of ether oxygens (including phenoxy) is 1. The number of hydrogen-bond donors (Lipinski definition) is 1. The van der Waals surface area contributed by atoms with Crippen LogP contribution in [0.5, 0.6) is 0 Å². The molecule has 0 fully saturated rings. The summed E-state index contributed by atoms with van der Waals surface area (Å²) in [6.07, 6.45) is 5.58. The van der Waals surface area contributed by atoms with E-state index < -0.39 is 0 Å². The van der Waals surface area contributed by atoms with Gasteiger partial charge in [0.1, 0.15) is 0 Å². The van der Waals surface area contributed by atoms with Gasteiger partial charge < -0.3 is 9.84 Å². The van der Waals surface area contributed by atoms with Crippen LogP contribution in [0.3, 0.4) is 0 Å². The fourth-order valence-electron chi connectivity index (χ4n) is 1.90. The van der Waals surface area contributed by atoms with E-state index >= 15 is 0 Å². The summed E-state index contributed by atoms with van der Waals surface area (Å²) in [6, 6.07) is 0. The first-order chi connectivity index (χ1) is 8.39. The van der Waals surface area contributed by atoms with Gasteiger partial charge in [-0.05, 0) is 43.9 Å². The van der Waals surface area contributed by atoms with Crippen LogP contribution < -0.4 is 0 Å². The molecular formula is C15H30O3. The van der Waals surface area contributed by atoms with E-state index in [1.807, 2.05) is 6.92 Å². The number of aliphatic hydroxyl groups excluding tert-OH is 1. The molecule has 0 amide bonds. The van der Waals surface area contributed by atoms with Crippen molar-refractivity contribution in [2.24, 2.45) is 11.3 Å². The zero-order valence-corrected chi connectivity index (χ0v) is 12.5. The van der Waals surface area contributed by atoms with Gasteiger partial charge in [0, 0.05) is 13.0 Å². The predicted molar refractivity (Wildman–Crippen MR) is 74.4 cm³/mol. The van der Waals surface area contributed by atoms with Gasteiger partial charge in [0.15, 0.2) is 0 Å². The number of esters is 1. The summed E-state index contributed by atoms with van der Waals surface area (Å²) in [7, 11) is 0. The first kappa shape index (κ1) is 17.4. The fraction of sp³-hybridized carbons (Fsp3) is 0.933. The molecule has 0 aliphatic rings.